The molecule has 0 saturated heterocycles. The molecule has 3 aromatic rings. The average molecular weight is 374 g/mol. The van der Waals surface area contributed by atoms with E-state index in [-0.39, 0.29) is 5.95 Å². The number of hydrogen-bond donors (Lipinski definition) is 0. The van der Waals surface area contributed by atoms with Crippen molar-refractivity contribution >= 4 is 23.2 Å². The smallest absolute Gasteiger partial charge is 0.143 e. The van der Waals surface area contributed by atoms with Crippen LogP contribution in [0.2, 0.25) is 0 Å². The standard InChI is InChI=1S/C24H23O2P/c1-3-26-24(25)19-20(2)27(21-13-7-4-8-14-21,22-15-9-5-10-16-22)23-17-11-6-12-18-23/h4-19H,2-3H2,1H3/b24-19+. The Bertz CT molecular complexity index is 806. The zero-order valence-electron chi connectivity index (χ0n) is 15.4. The van der Waals surface area contributed by atoms with Crippen LogP contribution in [0.4, 0.5) is 0 Å². The first-order valence-corrected chi connectivity index (χ1v) is 10.8. The Hall–Kier alpha value is -2.83. The van der Waals surface area contributed by atoms with Crippen LogP contribution in [0, 0.1) is 0 Å². The molecule has 0 aliphatic heterocycles. The summed E-state index contributed by atoms with van der Waals surface area (Å²) in [5.74, 6) is -0.352. The lowest BCUT2D eigenvalue weighted by molar-refractivity contribution is -0.356. The predicted molar refractivity (Wildman–Crippen MR) is 114 cm³/mol. The van der Waals surface area contributed by atoms with Crippen molar-refractivity contribution in [1.82, 2.24) is 0 Å². The van der Waals surface area contributed by atoms with E-state index in [0.717, 1.165) is 21.2 Å². The Kier molecular flexibility index (Phi) is 6.11. The van der Waals surface area contributed by atoms with Gasteiger partial charge in [-0.1, -0.05) is 68.1 Å². The van der Waals surface area contributed by atoms with Crippen LogP contribution in [0.5, 0.6) is 0 Å². The minimum atomic E-state index is -2.27. The van der Waals surface area contributed by atoms with Gasteiger partial charge >= 0.3 is 0 Å². The molecule has 0 aliphatic rings. The maximum Gasteiger partial charge on any atom is 0.143 e. The van der Waals surface area contributed by atoms with Crippen molar-refractivity contribution in [2.75, 3.05) is 6.61 Å². The lowest BCUT2D eigenvalue weighted by atomic mass is 10.3. The van der Waals surface area contributed by atoms with E-state index in [4.69, 9.17) is 4.74 Å². The van der Waals surface area contributed by atoms with Gasteiger partial charge in [-0.3, -0.25) is 0 Å². The van der Waals surface area contributed by atoms with Crippen molar-refractivity contribution in [2.24, 2.45) is 0 Å². The largest absolute Gasteiger partial charge is 0.613 e. The monoisotopic (exact) mass is 374 g/mol. The van der Waals surface area contributed by atoms with Gasteiger partial charge in [-0.25, -0.2) is 0 Å². The van der Waals surface area contributed by atoms with E-state index in [2.05, 4.69) is 43.0 Å². The molecule has 0 amide bonds. The fraction of sp³-hybridized carbons (Fsp3) is 0.0833. The maximum absolute atomic E-state index is 12.3. The number of hydrogen-bond acceptors (Lipinski definition) is 2. The summed E-state index contributed by atoms with van der Waals surface area (Å²) in [5.41, 5.74) is 0. The average Bonchev–Trinajstić information content (AvgIpc) is 2.71. The first-order chi connectivity index (χ1) is 13.2. The number of rotatable bonds is 7. The third-order valence-electron chi connectivity index (χ3n) is 4.43. The Morgan fingerprint density at radius 1 is 0.815 bits per heavy atom. The molecular weight excluding hydrogens is 351 g/mol. The Balaban J connectivity index is 2.33. The second-order valence-electron chi connectivity index (χ2n) is 6.07. The SMILES string of the molecule is C=C(/C=C(\[O-])OCC)[P+](c1ccccc1)(c1ccccc1)c1ccccc1. The molecule has 3 aromatic carbocycles. The molecule has 3 rings (SSSR count). The van der Waals surface area contributed by atoms with Gasteiger partial charge in [0, 0.05) is 6.08 Å². The molecule has 0 radical (unpaired) electrons. The van der Waals surface area contributed by atoms with Crippen LogP contribution >= 0.6 is 7.26 Å². The van der Waals surface area contributed by atoms with Gasteiger partial charge in [-0.05, 0) is 43.0 Å². The Morgan fingerprint density at radius 2 is 1.19 bits per heavy atom. The summed E-state index contributed by atoms with van der Waals surface area (Å²) in [6.07, 6.45) is 1.56. The second-order valence-corrected chi connectivity index (χ2v) is 9.53. The number of allylic oxidation sites excluding steroid dienone is 2. The van der Waals surface area contributed by atoms with Gasteiger partial charge in [-0.2, -0.15) is 0 Å². The molecule has 2 nitrogen and oxygen atoms in total. The van der Waals surface area contributed by atoms with E-state index < -0.39 is 7.26 Å². The second kappa shape index (κ2) is 8.70. The van der Waals surface area contributed by atoms with Crippen LogP contribution in [0.15, 0.2) is 115 Å². The fourth-order valence-electron chi connectivity index (χ4n) is 3.32. The summed E-state index contributed by atoms with van der Waals surface area (Å²) >= 11 is 0. The van der Waals surface area contributed by atoms with Crippen LogP contribution < -0.4 is 21.0 Å². The Morgan fingerprint density at radius 3 is 1.52 bits per heavy atom. The molecule has 27 heavy (non-hydrogen) atoms. The van der Waals surface area contributed by atoms with Gasteiger partial charge in [0.15, 0.2) is 0 Å². The third-order valence-corrected chi connectivity index (χ3v) is 8.64. The fourth-order valence-corrected chi connectivity index (χ4v) is 7.36. The maximum atomic E-state index is 12.3. The van der Waals surface area contributed by atoms with E-state index in [1.54, 1.807) is 6.08 Å². The van der Waals surface area contributed by atoms with Gasteiger partial charge in [0.1, 0.15) is 28.5 Å². The summed E-state index contributed by atoms with van der Waals surface area (Å²) in [5, 5.41) is 16.5. The lowest BCUT2D eigenvalue weighted by Gasteiger charge is -2.28. The quantitative estimate of drug-likeness (QED) is 0.359. The molecule has 0 atom stereocenters. The zero-order valence-corrected chi connectivity index (χ0v) is 16.3. The summed E-state index contributed by atoms with van der Waals surface area (Å²) in [6.45, 7) is 6.52. The number of benzene rings is 3. The minimum absolute atomic E-state index is 0.343. The van der Waals surface area contributed by atoms with Crippen molar-refractivity contribution in [3.05, 3.63) is 115 Å². The summed E-state index contributed by atoms with van der Waals surface area (Å²) < 4.78 is 5.18. The van der Waals surface area contributed by atoms with Gasteiger partial charge in [-0.15, -0.1) is 0 Å². The molecule has 0 N–H and O–H groups in total. The highest BCUT2D eigenvalue weighted by molar-refractivity contribution is 7.99. The molecule has 0 spiro atoms. The molecular formula is C24H23O2P. The van der Waals surface area contributed by atoms with E-state index in [1.165, 1.54) is 0 Å². The lowest BCUT2D eigenvalue weighted by Crippen LogP contribution is -2.32. The molecule has 0 fully saturated rings. The highest BCUT2D eigenvalue weighted by Crippen LogP contribution is 2.62. The highest BCUT2D eigenvalue weighted by Gasteiger charge is 2.47. The summed E-state index contributed by atoms with van der Waals surface area (Å²) in [7, 11) is -2.27. The molecule has 0 unspecified atom stereocenters. The first-order valence-electron chi connectivity index (χ1n) is 8.96. The van der Waals surface area contributed by atoms with Crippen LogP contribution in [0.1, 0.15) is 6.92 Å². The van der Waals surface area contributed by atoms with Gasteiger partial charge in [0.25, 0.3) is 0 Å². The van der Waals surface area contributed by atoms with Crippen molar-refractivity contribution < 1.29 is 9.84 Å². The number of ether oxygens (including phenoxy) is 1. The van der Waals surface area contributed by atoms with Crippen LogP contribution in [0.3, 0.4) is 0 Å². The molecule has 136 valence electrons. The van der Waals surface area contributed by atoms with E-state index in [9.17, 15) is 5.11 Å². The minimum Gasteiger partial charge on any atom is -0.613 e. The van der Waals surface area contributed by atoms with E-state index >= 15 is 0 Å². The van der Waals surface area contributed by atoms with Gasteiger partial charge in [0.05, 0.1) is 5.95 Å². The normalized spacial score (nSPS) is 11.8. The van der Waals surface area contributed by atoms with Crippen molar-refractivity contribution in [3.8, 4) is 0 Å². The molecule has 0 saturated carbocycles. The highest BCUT2D eigenvalue weighted by atomic mass is 31.2. The van der Waals surface area contributed by atoms with E-state index in [1.807, 2.05) is 61.5 Å². The Labute approximate surface area is 161 Å². The van der Waals surface area contributed by atoms with Gasteiger partial charge < -0.3 is 9.84 Å². The molecule has 0 heterocycles. The topological polar surface area (TPSA) is 32.3 Å². The summed E-state index contributed by atoms with van der Waals surface area (Å²) in [4.78, 5) is 0. The third kappa shape index (κ3) is 3.82. The zero-order chi connectivity index (χ0) is 19.1. The molecule has 3 heteroatoms. The summed E-state index contributed by atoms with van der Waals surface area (Å²) in [6, 6.07) is 31.0. The van der Waals surface area contributed by atoms with Crippen molar-refractivity contribution in [1.29, 1.82) is 0 Å². The van der Waals surface area contributed by atoms with Crippen LogP contribution in [-0.2, 0) is 4.74 Å². The molecule has 0 bridgehead atoms. The van der Waals surface area contributed by atoms with Gasteiger partial charge in [0.2, 0.25) is 0 Å². The molecule has 0 aliphatic carbocycles. The predicted octanol–water partition coefficient (Wildman–Crippen LogP) is 3.73. The van der Waals surface area contributed by atoms with Crippen LogP contribution in [0.25, 0.3) is 0 Å². The van der Waals surface area contributed by atoms with E-state index in [0.29, 0.717) is 6.61 Å². The van der Waals surface area contributed by atoms with Crippen molar-refractivity contribution in [2.45, 2.75) is 6.92 Å². The molecule has 0 aromatic heterocycles. The van der Waals surface area contributed by atoms with Crippen LogP contribution in [-0.4, -0.2) is 6.61 Å². The van der Waals surface area contributed by atoms with Crippen molar-refractivity contribution in [3.63, 3.8) is 0 Å². The first kappa shape index (κ1) is 18.9.